The minimum Gasteiger partial charge on any atom is -0.481 e. The van der Waals surface area contributed by atoms with E-state index in [1.807, 2.05) is 0 Å². The second-order valence-electron chi connectivity index (χ2n) is 2.77. The normalized spacial score (nSPS) is 11.3. The van der Waals surface area contributed by atoms with E-state index in [0.29, 0.717) is 0 Å². The monoisotopic (exact) mass is 282 g/mol. The highest BCUT2D eigenvalue weighted by Gasteiger charge is 2.30. The number of nitrogens with zero attached hydrogens (tertiary/aromatic N) is 2. The van der Waals surface area contributed by atoms with Gasteiger partial charge in [0, 0.05) is 10.7 Å². The van der Waals surface area contributed by atoms with Crippen molar-refractivity contribution in [3.63, 3.8) is 0 Å². The van der Waals surface area contributed by atoms with Gasteiger partial charge < -0.3 is 4.74 Å². The quantitative estimate of drug-likeness (QED) is 0.790. The number of halogens is 3. The summed E-state index contributed by atoms with van der Waals surface area (Å²) in [5.41, 5.74) is -1.57. The van der Waals surface area contributed by atoms with Gasteiger partial charge in [0.25, 0.3) is 15.5 Å². The molecule has 0 aliphatic rings. The van der Waals surface area contributed by atoms with E-state index in [0.717, 1.165) is 13.3 Å². The second kappa shape index (κ2) is 4.81. The molecule has 0 radical (unpaired) electrons. The van der Waals surface area contributed by atoms with Gasteiger partial charge >= 0.3 is 0 Å². The average molecular weight is 283 g/mol. The largest absolute Gasteiger partial charge is 0.481 e. The van der Waals surface area contributed by atoms with Crippen molar-refractivity contribution in [3.8, 4) is 11.9 Å². The molecule has 1 rings (SSSR count). The molecule has 5 nitrogen and oxygen atoms in total. The highest BCUT2D eigenvalue weighted by Crippen LogP contribution is 2.36. The minimum atomic E-state index is -4.50. The van der Waals surface area contributed by atoms with E-state index < -0.39 is 37.4 Å². The first kappa shape index (κ1) is 13.6. The average Bonchev–Trinajstić information content (AvgIpc) is 2.25. The molecule has 0 aliphatic heterocycles. The lowest BCUT2D eigenvalue weighted by Gasteiger charge is -2.11. The third-order valence-corrected chi connectivity index (χ3v) is 3.20. The van der Waals surface area contributed by atoms with Crippen molar-refractivity contribution >= 4 is 19.7 Å². The van der Waals surface area contributed by atoms with Crippen LogP contribution in [0.2, 0.25) is 0 Å². The Balaban J connectivity index is 3.80. The van der Waals surface area contributed by atoms with E-state index in [1.165, 1.54) is 6.07 Å². The number of alkyl halides is 2. The molecule has 9 heteroatoms. The summed E-state index contributed by atoms with van der Waals surface area (Å²) in [5, 5.41) is 8.65. The van der Waals surface area contributed by atoms with Crippen LogP contribution in [0.5, 0.6) is 5.88 Å². The molecule has 0 saturated carbocycles. The van der Waals surface area contributed by atoms with Crippen molar-refractivity contribution in [2.45, 2.75) is 11.3 Å². The van der Waals surface area contributed by atoms with Gasteiger partial charge in [0.05, 0.1) is 18.9 Å². The molecule has 0 aliphatic carbocycles. The number of nitriles is 1. The van der Waals surface area contributed by atoms with Crippen LogP contribution < -0.4 is 4.74 Å². The molecule has 0 fully saturated rings. The van der Waals surface area contributed by atoms with Crippen LogP contribution in [-0.4, -0.2) is 20.5 Å². The van der Waals surface area contributed by atoms with Crippen LogP contribution in [-0.2, 0) is 9.05 Å². The van der Waals surface area contributed by atoms with Gasteiger partial charge in [0.1, 0.15) is 16.5 Å². The maximum Gasteiger partial charge on any atom is 0.270 e. The van der Waals surface area contributed by atoms with E-state index in [4.69, 9.17) is 15.9 Å². The molecule has 92 valence electrons. The van der Waals surface area contributed by atoms with Crippen molar-refractivity contribution < 1.29 is 21.9 Å². The summed E-state index contributed by atoms with van der Waals surface area (Å²) in [4.78, 5) is 2.45. The highest BCUT2D eigenvalue weighted by molar-refractivity contribution is 8.13. The molecule has 0 N–H and O–H groups in total. The van der Waals surface area contributed by atoms with Gasteiger partial charge in [0.15, 0.2) is 0 Å². The zero-order chi connectivity index (χ0) is 13.2. The lowest BCUT2D eigenvalue weighted by Crippen LogP contribution is -2.06. The maximum absolute atomic E-state index is 12.8. The van der Waals surface area contributed by atoms with Crippen LogP contribution in [0, 0.1) is 11.3 Å². The van der Waals surface area contributed by atoms with Crippen LogP contribution in [0.15, 0.2) is 11.1 Å². The molecule has 1 aromatic heterocycles. The molecule has 0 aromatic carbocycles. The molecule has 0 bridgehead atoms. The Kier molecular flexibility index (Phi) is 3.85. The fraction of sp³-hybridized carbons (Fsp3) is 0.250. The van der Waals surface area contributed by atoms with E-state index in [-0.39, 0.29) is 0 Å². The van der Waals surface area contributed by atoms with Crippen molar-refractivity contribution in [2.75, 3.05) is 7.11 Å². The van der Waals surface area contributed by atoms with Crippen LogP contribution in [0.3, 0.4) is 0 Å². The number of rotatable bonds is 3. The summed E-state index contributed by atoms with van der Waals surface area (Å²) in [5.74, 6) is -0.585. The molecule has 0 amide bonds. The van der Waals surface area contributed by atoms with Crippen LogP contribution in [0.1, 0.15) is 17.6 Å². The van der Waals surface area contributed by atoms with E-state index >= 15 is 0 Å². The standard InChI is InChI=1S/C8H5ClF2N2O3S/c1-16-8-5(7(10)11)6(17(9,14)15)4(2-12)3-13-8/h3,7H,1H3. The topological polar surface area (TPSA) is 80.0 Å². The highest BCUT2D eigenvalue weighted by atomic mass is 35.7. The molecular weight excluding hydrogens is 278 g/mol. The van der Waals surface area contributed by atoms with Gasteiger partial charge in [-0.15, -0.1) is 0 Å². The van der Waals surface area contributed by atoms with Gasteiger partial charge in [-0.25, -0.2) is 22.2 Å². The van der Waals surface area contributed by atoms with Gasteiger partial charge in [-0.2, -0.15) is 5.26 Å². The van der Waals surface area contributed by atoms with Crippen LogP contribution in [0.25, 0.3) is 0 Å². The lowest BCUT2D eigenvalue weighted by atomic mass is 10.2. The zero-order valence-electron chi connectivity index (χ0n) is 8.32. The van der Waals surface area contributed by atoms with Gasteiger partial charge in [-0.1, -0.05) is 0 Å². The summed E-state index contributed by atoms with van der Waals surface area (Å²) in [6, 6.07) is 1.43. The van der Waals surface area contributed by atoms with Crippen molar-refractivity contribution in [2.24, 2.45) is 0 Å². The molecule has 0 saturated heterocycles. The Bertz CT molecular complexity index is 583. The Labute approximate surface area is 100 Å². The van der Waals surface area contributed by atoms with E-state index in [2.05, 4.69) is 9.72 Å². The summed E-state index contributed by atoms with van der Waals surface area (Å²) < 4.78 is 52.5. The van der Waals surface area contributed by atoms with Gasteiger partial charge in [0.2, 0.25) is 5.88 Å². The summed E-state index contributed by atoms with van der Waals surface area (Å²) >= 11 is 0. The third-order valence-electron chi connectivity index (χ3n) is 1.81. The van der Waals surface area contributed by atoms with Crippen molar-refractivity contribution in [1.82, 2.24) is 4.98 Å². The number of methoxy groups -OCH3 is 1. The number of hydrogen-bond donors (Lipinski definition) is 0. The first-order valence-electron chi connectivity index (χ1n) is 4.02. The molecular formula is C8H5ClF2N2O3S. The minimum absolute atomic E-state index is 0.559. The first-order valence-corrected chi connectivity index (χ1v) is 6.33. The lowest BCUT2D eigenvalue weighted by molar-refractivity contribution is 0.142. The Morgan fingerprint density at radius 3 is 2.53 bits per heavy atom. The molecule has 1 aromatic rings. The van der Waals surface area contributed by atoms with Crippen LogP contribution >= 0.6 is 10.7 Å². The second-order valence-corrected chi connectivity index (χ2v) is 5.28. The summed E-state index contributed by atoms with van der Waals surface area (Å²) in [6.45, 7) is 0. The van der Waals surface area contributed by atoms with Gasteiger partial charge in [-0.3, -0.25) is 0 Å². The fourth-order valence-electron chi connectivity index (χ4n) is 1.19. The zero-order valence-corrected chi connectivity index (χ0v) is 9.89. The maximum atomic E-state index is 12.8. The van der Waals surface area contributed by atoms with Crippen molar-refractivity contribution in [3.05, 3.63) is 17.3 Å². The fourth-order valence-corrected chi connectivity index (χ4v) is 2.49. The Morgan fingerprint density at radius 1 is 1.59 bits per heavy atom. The van der Waals surface area contributed by atoms with Crippen molar-refractivity contribution in [1.29, 1.82) is 5.26 Å². The van der Waals surface area contributed by atoms with Crippen LogP contribution in [0.4, 0.5) is 8.78 Å². The predicted octanol–water partition coefficient (Wildman–Crippen LogP) is 1.83. The van der Waals surface area contributed by atoms with E-state index in [9.17, 15) is 17.2 Å². The Morgan fingerprint density at radius 2 is 2.18 bits per heavy atom. The molecule has 0 unspecified atom stereocenters. The first-order chi connectivity index (χ1) is 7.82. The third kappa shape index (κ3) is 2.62. The number of aromatic nitrogens is 1. The number of ether oxygens (including phenoxy) is 1. The SMILES string of the molecule is COc1ncc(C#N)c(S(=O)(=O)Cl)c1C(F)F. The predicted molar refractivity (Wildman–Crippen MR) is 53.5 cm³/mol. The van der Waals surface area contributed by atoms with E-state index in [1.54, 1.807) is 0 Å². The summed E-state index contributed by atoms with van der Waals surface area (Å²) in [7, 11) is 1.57. The number of hydrogen-bond acceptors (Lipinski definition) is 5. The molecule has 0 spiro atoms. The molecule has 0 atom stereocenters. The van der Waals surface area contributed by atoms with Gasteiger partial charge in [-0.05, 0) is 0 Å². The smallest absolute Gasteiger partial charge is 0.270 e. The summed E-state index contributed by atoms with van der Waals surface area (Å²) in [6.07, 6.45) is -2.38. The molecule has 1 heterocycles. The Hall–Kier alpha value is -1.46. The number of pyridine rings is 1. The molecule has 17 heavy (non-hydrogen) atoms.